The van der Waals surface area contributed by atoms with E-state index < -0.39 is 6.10 Å². The van der Waals surface area contributed by atoms with Gasteiger partial charge in [0.15, 0.2) is 0 Å². The number of hydrogen-bond donors (Lipinski definition) is 2. The molecule has 3 nitrogen and oxygen atoms in total. The van der Waals surface area contributed by atoms with E-state index in [1.54, 1.807) is 6.92 Å². The van der Waals surface area contributed by atoms with Crippen LogP contribution in [0.4, 0.5) is 0 Å². The molecule has 1 rings (SSSR count). The number of rotatable bonds is 3. The minimum Gasteiger partial charge on any atom is -0.392 e. The average molecular weight is 213 g/mol. The highest BCUT2D eigenvalue weighted by atomic mass is 16.3. The smallest absolute Gasteiger partial charge is 0.223 e. The molecule has 2 unspecified atom stereocenters. The molecular weight excluding hydrogens is 190 g/mol. The van der Waals surface area contributed by atoms with E-state index in [-0.39, 0.29) is 11.8 Å². The lowest BCUT2D eigenvalue weighted by atomic mass is 9.76. The van der Waals surface area contributed by atoms with Crippen LogP contribution in [0.25, 0.3) is 0 Å². The van der Waals surface area contributed by atoms with Crippen LogP contribution < -0.4 is 5.32 Å². The van der Waals surface area contributed by atoms with Crippen LogP contribution in [-0.4, -0.2) is 23.7 Å². The van der Waals surface area contributed by atoms with E-state index in [0.29, 0.717) is 18.4 Å². The highest BCUT2D eigenvalue weighted by Crippen LogP contribution is 2.32. The Hall–Kier alpha value is -0.570. The minimum absolute atomic E-state index is 0.120. The molecule has 1 aliphatic carbocycles. The van der Waals surface area contributed by atoms with E-state index in [1.165, 1.54) is 6.42 Å². The Labute approximate surface area is 92.3 Å². The molecule has 0 aromatic rings. The van der Waals surface area contributed by atoms with Gasteiger partial charge in [-0.1, -0.05) is 13.8 Å². The van der Waals surface area contributed by atoms with Gasteiger partial charge in [0.1, 0.15) is 0 Å². The topological polar surface area (TPSA) is 49.3 Å². The maximum atomic E-state index is 11.8. The second-order valence-electron chi connectivity index (χ2n) is 5.21. The SMILES string of the molecule is CC1CC(C)CC(C(=O)NC[C@H](C)O)C1. The molecule has 0 radical (unpaired) electrons. The summed E-state index contributed by atoms with van der Waals surface area (Å²) in [5, 5.41) is 11.9. The molecule has 0 saturated heterocycles. The highest BCUT2D eigenvalue weighted by molar-refractivity contribution is 5.78. The molecule has 1 saturated carbocycles. The highest BCUT2D eigenvalue weighted by Gasteiger charge is 2.28. The van der Waals surface area contributed by atoms with E-state index in [4.69, 9.17) is 5.11 Å². The van der Waals surface area contributed by atoms with Gasteiger partial charge in [0, 0.05) is 12.5 Å². The Morgan fingerprint density at radius 3 is 2.33 bits per heavy atom. The van der Waals surface area contributed by atoms with E-state index >= 15 is 0 Å². The molecule has 1 amide bonds. The first-order valence-corrected chi connectivity index (χ1v) is 5.94. The Kier molecular flexibility index (Phi) is 4.58. The third-order valence-corrected chi connectivity index (χ3v) is 3.12. The van der Waals surface area contributed by atoms with Crippen LogP contribution in [0.2, 0.25) is 0 Å². The number of carbonyl (C=O) groups is 1. The van der Waals surface area contributed by atoms with Crippen molar-refractivity contribution in [2.45, 2.75) is 46.1 Å². The lowest BCUT2D eigenvalue weighted by molar-refractivity contribution is -0.127. The largest absolute Gasteiger partial charge is 0.392 e. The number of aliphatic hydroxyl groups is 1. The molecule has 2 N–H and O–H groups in total. The van der Waals surface area contributed by atoms with Gasteiger partial charge in [-0.15, -0.1) is 0 Å². The Morgan fingerprint density at radius 2 is 1.87 bits per heavy atom. The Morgan fingerprint density at radius 1 is 1.33 bits per heavy atom. The van der Waals surface area contributed by atoms with Crippen molar-refractivity contribution in [3.05, 3.63) is 0 Å². The fourth-order valence-electron chi connectivity index (χ4n) is 2.55. The average Bonchev–Trinajstić information content (AvgIpc) is 2.12. The third-order valence-electron chi connectivity index (χ3n) is 3.12. The molecule has 15 heavy (non-hydrogen) atoms. The molecule has 0 aliphatic heterocycles. The Bertz CT molecular complexity index is 206. The maximum absolute atomic E-state index is 11.8. The predicted octanol–water partition coefficient (Wildman–Crippen LogP) is 1.56. The zero-order chi connectivity index (χ0) is 11.4. The van der Waals surface area contributed by atoms with Crippen LogP contribution in [-0.2, 0) is 4.79 Å². The zero-order valence-corrected chi connectivity index (χ0v) is 9.99. The van der Waals surface area contributed by atoms with Gasteiger partial charge in [0.2, 0.25) is 5.91 Å². The quantitative estimate of drug-likeness (QED) is 0.747. The first-order valence-electron chi connectivity index (χ1n) is 5.94. The van der Waals surface area contributed by atoms with Crippen molar-refractivity contribution < 1.29 is 9.90 Å². The van der Waals surface area contributed by atoms with Gasteiger partial charge in [-0.3, -0.25) is 4.79 Å². The standard InChI is InChI=1S/C12H23NO2/c1-8-4-9(2)6-11(5-8)12(15)13-7-10(3)14/h8-11,14H,4-7H2,1-3H3,(H,13,15)/t8?,9?,10-,11?/m0/s1. The van der Waals surface area contributed by atoms with Crippen molar-refractivity contribution in [3.63, 3.8) is 0 Å². The Balaban J connectivity index is 2.38. The van der Waals surface area contributed by atoms with Crippen LogP contribution in [0.15, 0.2) is 0 Å². The normalized spacial score (nSPS) is 33.5. The summed E-state index contributed by atoms with van der Waals surface area (Å²) in [6.07, 6.45) is 2.78. The van der Waals surface area contributed by atoms with Gasteiger partial charge >= 0.3 is 0 Å². The second kappa shape index (κ2) is 5.50. The molecular formula is C12H23NO2. The molecule has 0 bridgehead atoms. The van der Waals surface area contributed by atoms with Crippen molar-refractivity contribution >= 4 is 5.91 Å². The summed E-state index contributed by atoms with van der Waals surface area (Å²) in [5.41, 5.74) is 0. The van der Waals surface area contributed by atoms with Gasteiger partial charge in [0.05, 0.1) is 6.10 Å². The first kappa shape index (κ1) is 12.5. The van der Waals surface area contributed by atoms with E-state index in [2.05, 4.69) is 19.2 Å². The molecule has 3 heteroatoms. The molecule has 0 heterocycles. The van der Waals surface area contributed by atoms with E-state index in [1.807, 2.05) is 0 Å². The van der Waals surface area contributed by atoms with Crippen molar-refractivity contribution in [2.75, 3.05) is 6.54 Å². The lowest BCUT2D eigenvalue weighted by Gasteiger charge is -2.30. The second-order valence-corrected chi connectivity index (χ2v) is 5.21. The van der Waals surface area contributed by atoms with Crippen molar-refractivity contribution in [1.82, 2.24) is 5.32 Å². The van der Waals surface area contributed by atoms with Gasteiger partial charge in [-0.2, -0.15) is 0 Å². The zero-order valence-electron chi connectivity index (χ0n) is 9.99. The van der Waals surface area contributed by atoms with Crippen molar-refractivity contribution in [1.29, 1.82) is 0 Å². The van der Waals surface area contributed by atoms with Crippen LogP contribution >= 0.6 is 0 Å². The van der Waals surface area contributed by atoms with Crippen LogP contribution in [0.5, 0.6) is 0 Å². The summed E-state index contributed by atoms with van der Waals surface area (Å²) in [6, 6.07) is 0. The number of aliphatic hydroxyl groups excluding tert-OH is 1. The van der Waals surface area contributed by atoms with Crippen LogP contribution in [0.1, 0.15) is 40.0 Å². The number of hydrogen-bond acceptors (Lipinski definition) is 2. The molecule has 0 aromatic carbocycles. The first-order chi connectivity index (χ1) is 6.99. The summed E-state index contributed by atoms with van der Waals surface area (Å²) >= 11 is 0. The van der Waals surface area contributed by atoms with Crippen molar-refractivity contribution in [2.24, 2.45) is 17.8 Å². The number of amides is 1. The lowest BCUT2D eigenvalue weighted by Crippen LogP contribution is -2.38. The fourth-order valence-corrected chi connectivity index (χ4v) is 2.55. The van der Waals surface area contributed by atoms with Crippen LogP contribution in [0.3, 0.4) is 0 Å². The summed E-state index contributed by atoms with van der Waals surface area (Å²) in [4.78, 5) is 11.8. The van der Waals surface area contributed by atoms with Gasteiger partial charge < -0.3 is 10.4 Å². The predicted molar refractivity (Wildman–Crippen MR) is 60.4 cm³/mol. The molecule has 0 spiro atoms. The van der Waals surface area contributed by atoms with Gasteiger partial charge in [-0.05, 0) is 38.0 Å². The summed E-state index contributed by atoms with van der Waals surface area (Å²) in [6.45, 7) is 6.49. The molecule has 88 valence electrons. The summed E-state index contributed by atoms with van der Waals surface area (Å²) < 4.78 is 0. The molecule has 3 atom stereocenters. The van der Waals surface area contributed by atoms with Gasteiger partial charge in [0.25, 0.3) is 0 Å². The van der Waals surface area contributed by atoms with E-state index in [0.717, 1.165) is 12.8 Å². The molecule has 0 aromatic heterocycles. The monoisotopic (exact) mass is 213 g/mol. The number of nitrogens with one attached hydrogen (secondary N) is 1. The fraction of sp³-hybridized carbons (Fsp3) is 0.917. The number of carbonyl (C=O) groups excluding carboxylic acids is 1. The van der Waals surface area contributed by atoms with E-state index in [9.17, 15) is 4.79 Å². The summed E-state index contributed by atoms with van der Waals surface area (Å²) in [5.74, 6) is 1.57. The van der Waals surface area contributed by atoms with Gasteiger partial charge in [-0.25, -0.2) is 0 Å². The van der Waals surface area contributed by atoms with Crippen LogP contribution in [0, 0.1) is 17.8 Å². The summed E-state index contributed by atoms with van der Waals surface area (Å²) in [7, 11) is 0. The van der Waals surface area contributed by atoms with Crippen molar-refractivity contribution in [3.8, 4) is 0 Å². The third kappa shape index (κ3) is 4.20. The minimum atomic E-state index is -0.451. The molecule has 1 fully saturated rings. The maximum Gasteiger partial charge on any atom is 0.223 e. The molecule has 1 aliphatic rings.